The molecule has 2 rings (SSSR count). The summed E-state index contributed by atoms with van der Waals surface area (Å²) in [6.45, 7) is 10.2. The maximum Gasteiger partial charge on any atom is 0.330 e. The summed E-state index contributed by atoms with van der Waals surface area (Å²) in [6, 6.07) is 7.18. The zero-order chi connectivity index (χ0) is 24.0. The van der Waals surface area contributed by atoms with Crippen molar-refractivity contribution in [3.63, 3.8) is 0 Å². The van der Waals surface area contributed by atoms with Gasteiger partial charge in [0.15, 0.2) is 5.69 Å². The highest BCUT2D eigenvalue weighted by Crippen LogP contribution is 2.20. The van der Waals surface area contributed by atoms with Gasteiger partial charge in [0.1, 0.15) is 5.82 Å². The summed E-state index contributed by atoms with van der Waals surface area (Å²) in [6.07, 6.45) is -0.0213. The number of aromatic nitrogens is 2. The summed E-state index contributed by atoms with van der Waals surface area (Å²) < 4.78 is 1.28. The van der Waals surface area contributed by atoms with E-state index in [1.165, 1.54) is 9.47 Å². The predicted octanol–water partition coefficient (Wildman–Crippen LogP) is 1.89. The number of nitrogen functional groups attached to an aromatic ring is 1. The lowest BCUT2D eigenvalue weighted by molar-refractivity contribution is -0.118. The molecule has 1 heterocycles. The first-order valence-corrected chi connectivity index (χ1v) is 10.8. The van der Waals surface area contributed by atoms with E-state index >= 15 is 0 Å². The maximum absolute atomic E-state index is 13.1. The Morgan fingerprint density at radius 2 is 1.78 bits per heavy atom. The number of hydrogen-bond acceptors (Lipinski definition) is 5. The van der Waals surface area contributed by atoms with E-state index in [1.807, 2.05) is 46.8 Å². The number of carbonyl (C=O) groups is 2. The third-order valence-corrected chi connectivity index (χ3v) is 4.89. The molecular weight excluding hydrogens is 410 g/mol. The molecule has 2 amide bonds. The molecule has 0 spiro atoms. The SMILES string of the molecule is Cc1ccccc1C(=O)NCCC(=O)N(CC(C)C)c1c(N)n(CC(C)C)c(=O)[nH]c1=O. The molecule has 0 unspecified atom stereocenters. The normalized spacial score (nSPS) is 11.1. The smallest absolute Gasteiger partial charge is 0.330 e. The third kappa shape index (κ3) is 6.09. The van der Waals surface area contributed by atoms with Gasteiger partial charge >= 0.3 is 5.69 Å². The summed E-state index contributed by atoms with van der Waals surface area (Å²) in [7, 11) is 0. The third-order valence-electron chi connectivity index (χ3n) is 4.89. The van der Waals surface area contributed by atoms with Crippen LogP contribution in [0, 0.1) is 18.8 Å². The van der Waals surface area contributed by atoms with E-state index in [1.54, 1.807) is 12.1 Å². The van der Waals surface area contributed by atoms with Gasteiger partial charge in [-0.15, -0.1) is 0 Å². The number of hydrogen-bond donors (Lipinski definition) is 3. The van der Waals surface area contributed by atoms with Crippen LogP contribution in [0.3, 0.4) is 0 Å². The van der Waals surface area contributed by atoms with Gasteiger partial charge in [-0.1, -0.05) is 45.9 Å². The molecular formula is C23H33N5O4. The van der Waals surface area contributed by atoms with E-state index in [4.69, 9.17) is 5.73 Å². The number of nitrogens with two attached hydrogens (primary N) is 1. The Bertz CT molecular complexity index is 1080. The topological polar surface area (TPSA) is 130 Å². The quantitative estimate of drug-likeness (QED) is 0.545. The number of rotatable bonds is 9. The van der Waals surface area contributed by atoms with Crippen molar-refractivity contribution in [1.82, 2.24) is 14.9 Å². The Balaban J connectivity index is 2.26. The number of anilines is 2. The van der Waals surface area contributed by atoms with Crippen molar-refractivity contribution >= 4 is 23.3 Å². The van der Waals surface area contributed by atoms with Gasteiger partial charge in [-0.25, -0.2) is 4.79 Å². The van der Waals surface area contributed by atoms with Crippen LogP contribution in [0.15, 0.2) is 33.9 Å². The Hall–Kier alpha value is -3.36. The monoisotopic (exact) mass is 443 g/mol. The molecule has 0 aliphatic heterocycles. The Labute approximate surface area is 187 Å². The molecule has 0 atom stereocenters. The average molecular weight is 444 g/mol. The zero-order valence-electron chi connectivity index (χ0n) is 19.4. The summed E-state index contributed by atoms with van der Waals surface area (Å²) in [5.41, 5.74) is 6.24. The molecule has 32 heavy (non-hydrogen) atoms. The lowest BCUT2D eigenvalue weighted by atomic mass is 10.1. The van der Waals surface area contributed by atoms with Crippen molar-refractivity contribution in [2.75, 3.05) is 23.7 Å². The molecule has 0 aliphatic rings. The van der Waals surface area contributed by atoms with E-state index in [0.717, 1.165) is 5.56 Å². The molecule has 0 fully saturated rings. The second-order valence-corrected chi connectivity index (χ2v) is 8.72. The second kappa shape index (κ2) is 10.8. The molecule has 1 aromatic heterocycles. The molecule has 174 valence electrons. The van der Waals surface area contributed by atoms with Gasteiger partial charge < -0.3 is 16.0 Å². The number of benzene rings is 1. The van der Waals surface area contributed by atoms with Crippen molar-refractivity contribution in [2.45, 2.75) is 47.6 Å². The number of aryl methyl sites for hydroxylation is 1. The minimum absolute atomic E-state index is 0.0213. The Morgan fingerprint density at radius 1 is 1.12 bits per heavy atom. The lowest BCUT2D eigenvalue weighted by Crippen LogP contribution is -2.43. The summed E-state index contributed by atoms with van der Waals surface area (Å²) >= 11 is 0. The number of H-pyrrole nitrogens is 1. The number of aromatic amines is 1. The van der Waals surface area contributed by atoms with E-state index in [0.29, 0.717) is 12.1 Å². The highest BCUT2D eigenvalue weighted by Gasteiger charge is 2.25. The first kappa shape index (κ1) is 24.9. The van der Waals surface area contributed by atoms with Gasteiger partial charge in [0.25, 0.3) is 11.5 Å². The fourth-order valence-corrected chi connectivity index (χ4v) is 3.41. The highest BCUT2D eigenvalue weighted by molar-refractivity contribution is 5.97. The number of carbonyl (C=O) groups excluding carboxylic acids is 2. The standard InChI is InChI=1S/C23H33N5O4/c1-14(2)12-27(19-20(24)28(13-15(3)4)23(32)26-22(19)31)18(29)10-11-25-21(30)17-9-7-6-8-16(17)5/h6-9,14-15H,10-13,24H2,1-5H3,(H,25,30)(H,26,31,32). The van der Waals surface area contributed by atoms with Crippen molar-refractivity contribution in [3.05, 3.63) is 56.2 Å². The van der Waals surface area contributed by atoms with Gasteiger partial charge in [-0.2, -0.15) is 0 Å². The van der Waals surface area contributed by atoms with E-state index < -0.39 is 11.2 Å². The first-order chi connectivity index (χ1) is 15.0. The molecule has 9 heteroatoms. The van der Waals surface area contributed by atoms with Crippen molar-refractivity contribution in [1.29, 1.82) is 0 Å². The van der Waals surface area contributed by atoms with E-state index in [9.17, 15) is 19.2 Å². The first-order valence-electron chi connectivity index (χ1n) is 10.8. The maximum atomic E-state index is 13.1. The predicted molar refractivity (Wildman–Crippen MR) is 126 cm³/mol. The van der Waals surface area contributed by atoms with Crippen LogP contribution in [0.5, 0.6) is 0 Å². The van der Waals surface area contributed by atoms with Crippen LogP contribution in [0.1, 0.15) is 50.0 Å². The summed E-state index contributed by atoms with van der Waals surface area (Å²) in [5, 5.41) is 2.75. The van der Waals surface area contributed by atoms with E-state index in [-0.39, 0.29) is 54.7 Å². The Morgan fingerprint density at radius 3 is 2.38 bits per heavy atom. The van der Waals surface area contributed by atoms with Crippen LogP contribution in [-0.4, -0.2) is 34.5 Å². The fourth-order valence-electron chi connectivity index (χ4n) is 3.41. The molecule has 1 aromatic carbocycles. The fraction of sp³-hybridized carbons (Fsp3) is 0.478. The number of amides is 2. The molecule has 0 aliphatic carbocycles. The molecule has 0 bridgehead atoms. The molecule has 0 saturated carbocycles. The molecule has 0 radical (unpaired) electrons. The average Bonchev–Trinajstić information content (AvgIpc) is 2.70. The summed E-state index contributed by atoms with van der Waals surface area (Å²) in [5.74, 6) is -0.514. The molecule has 0 saturated heterocycles. The highest BCUT2D eigenvalue weighted by atomic mass is 16.2. The number of nitrogens with zero attached hydrogens (tertiary/aromatic N) is 2. The second-order valence-electron chi connectivity index (χ2n) is 8.72. The van der Waals surface area contributed by atoms with Gasteiger partial charge in [0.05, 0.1) is 0 Å². The largest absolute Gasteiger partial charge is 0.383 e. The van der Waals surface area contributed by atoms with Gasteiger partial charge in [-0.05, 0) is 30.4 Å². The van der Waals surface area contributed by atoms with Crippen LogP contribution < -0.4 is 27.2 Å². The minimum atomic E-state index is -0.703. The van der Waals surface area contributed by atoms with Crippen LogP contribution in [-0.2, 0) is 11.3 Å². The lowest BCUT2D eigenvalue weighted by Gasteiger charge is -2.26. The molecule has 4 N–H and O–H groups in total. The minimum Gasteiger partial charge on any atom is -0.383 e. The van der Waals surface area contributed by atoms with E-state index in [2.05, 4.69) is 10.3 Å². The zero-order valence-corrected chi connectivity index (χ0v) is 19.4. The van der Waals surface area contributed by atoms with Crippen LogP contribution in [0.4, 0.5) is 11.5 Å². The molecule has 9 nitrogen and oxygen atoms in total. The van der Waals surface area contributed by atoms with Gasteiger partial charge in [-0.3, -0.25) is 23.9 Å². The van der Waals surface area contributed by atoms with Crippen molar-refractivity contribution in [2.24, 2.45) is 11.8 Å². The van der Waals surface area contributed by atoms with Crippen LogP contribution in [0.25, 0.3) is 0 Å². The number of nitrogens with one attached hydrogen (secondary N) is 2. The summed E-state index contributed by atoms with van der Waals surface area (Å²) in [4.78, 5) is 53.9. The Kier molecular flexibility index (Phi) is 8.40. The van der Waals surface area contributed by atoms with Crippen molar-refractivity contribution in [3.8, 4) is 0 Å². The van der Waals surface area contributed by atoms with Crippen LogP contribution >= 0.6 is 0 Å². The molecule has 2 aromatic rings. The van der Waals surface area contributed by atoms with Gasteiger partial charge in [0, 0.05) is 31.6 Å². The van der Waals surface area contributed by atoms with Crippen molar-refractivity contribution < 1.29 is 9.59 Å². The van der Waals surface area contributed by atoms with Gasteiger partial charge in [0.2, 0.25) is 5.91 Å². The van der Waals surface area contributed by atoms with Crippen LogP contribution in [0.2, 0.25) is 0 Å².